The van der Waals surface area contributed by atoms with Crippen LogP contribution in [0.4, 0.5) is 5.69 Å². The highest BCUT2D eigenvalue weighted by molar-refractivity contribution is 7.89. The van der Waals surface area contributed by atoms with Crippen molar-refractivity contribution in [3.05, 3.63) is 59.7 Å². The van der Waals surface area contributed by atoms with Crippen molar-refractivity contribution in [1.29, 1.82) is 0 Å². The molecule has 0 aliphatic carbocycles. The quantitative estimate of drug-likeness (QED) is 0.706. The van der Waals surface area contributed by atoms with Gasteiger partial charge in [-0.05, 0) is 56.7 Å². The van der Waals surface area contributed by atoms with E-state index in [9.17, 15) is 13.2 Å². The molecule has 0 N–H and O–H groups in total. The third kappa shape index (κ3) is 4.82. The highest BCUT2D eigenvalue weighted by Crippen LogP contribution is 2.23. The number of rotatable bonds is 4. The number of piperazine rings is 1. The van der Waals surface area contributed by atoms with Crippen LogP contribution in [0.5, 0.6) is 0 Å². The number of carbonyl (C=O) groups excluding carboxylic acids is 1. The lowest BCUT2D eigenvalue weighted by molar-refractivity contribution is -0.0440. The highest BCUT2D eigenvalue weighted by Gasteiger charge is 2.33. The lowest BCUT2D eigenvalue weighted by atomic mass is 10.1. The Hall–Kier alpha value is -2.42. The zero-order valence-corrected chi connectivity index (χ0v) is 19.7. The molecule has 2 aliphatic heterocycles. The first-order valence-corrected chi connectivity index (χ1v) is 12.5. The number of ether oxygens (including phenoxy) is 1. The van der Waals surface area contributed by atoms with Crippen molar-refractivity contribution in [2.75, 3.05) is 44.2 Å². The van der Waals surface area contributed by atoms with Crippen LogP contribution in [0, 0.1) is 6.92 Å². The molecule has 2 unspecified atom stereocenters. The number of hydrogen-bond acceptors (Lipinski definition) is 5. The van der Waals surface area contributed by atoms with E-state index >= 15 is 0 Å². The second kappa shape index (κ2) is 9.21. The van der Waals surface area contributed by atoms with Crippen LogP contribution in [0.1, 0.15) is 29.8 Å². The summed E-state index contributed by atoms with van der Waals surface area (Å²) in [5.41, 5.74) is 2.78. The van der Waals surface area contributed by atoms with Gasteiger partial charge in [-0.1, -0.05) is 18.2 Å². The molecule has 2 heterocycles. The first kappa shape index (κ1) is 22.8. The molecule has 32 heavy (non-hydrogen) atoms. The van der Waals surface area contributed by atoms with Crippen molar-refractivity contribution in [2.24, 2.45) is 0 Å². The molecule has 0 saturated carbocycles. The molecule has 2 aromatic carbocycles. The number of morpholine rings is 1. The van der Waals surface area contributed by atoms with Gasteiger partial charge in [0.1, 0.15) is 0 Å². The molecule has 4 rings (SSSR count). The second-order valence-electron chi connectivity index (χ2n) is 8.73. The summed E-state index contributed by atoms with van der Waals surface area (Å²) in [6.07, 6.45) is -0.328. The van der Waals surface area contributed by atoms with E-state index < -0.39 is 10.0 Å². The number of sulfonamides is 1. The molecular weight excluding hydrogens is 426 g/mol. The summed E-state index contributed by atoms with van der Waals surface area (Å²) in [7, 11) is -3.69. The molecule has 2 atom stereocenters. The van der Waals surface area contributed by atoms with Crippen LogP contribution in [-0.2, 0) is 14.8 Å². The van der Waals surface area contributed by atoms with E-state index in [-0.39, 0.29) is 23.0 Å². The SMILES string of the molecule is Cc1cccc(N2CCN(C(=O)c3cccc(S(=O)(=O)N4CC(C)OC(C)C4)c3)CC2)c1. The zero-order valence-electron chi connectivity index (χ0n) is 18.9. The van der Waals surface area contributed by atoms with Crippen LogP contribution in [0.15, 0.2) is 53.4 Å². The van der Waals surface area contributed by atoms with Gasteiger partial charge in [-0.25, -0.2) is 8.42 Å². The van der Waals surface area contributed by atoms with Crippen molar-refractivity contribution in [1.82, 2.24) is 9.21 Å². The van der Waals surface area contributed by atoms with E-state index in [0.717, 1.165) is 13.1 Å². The van der Waals surface area contributed by atoms with Crippen LogP contribution in [0.25, 0.3) is 0 Å². The largest absolute Gasteiger partial charge is 0.373 e. The molecule has 7 nitrogen and oxygen atoms in total. The summed E-state index contributed by atoms with van der Waals surface area (Å²) in [5, 5.41) is 0. The fourth-order valence-electron chi connectivity index (χ4n) is 4.44. The summed E-state index contributed by atoms with van der Waals surface area (Å²) >= 11 is 0. The van der Waals surface area contributed by atoms with Gasteiger partial charge in [0.25, 0.3) is 5.91 Å². The van der Waals surface area contributed by atoms with Gasteiger partial charge in [-0.3, -0.25) is 4.79 Å². The third-order valence-corrected chi connectivity index (χ3v) is 7.87. The van der Waals surface area contributed by atoms with Crippen molar-refractivity contribution in [3.63, 3.8) is 0 Å². The molecule has 2 saturated heterocycles. The minimum absolute atomic E-state index is 0.130. The number of aryl methyl sites for hydroxylation is 1. The standard InChI is InChI=1S/C24H31N3O4S/c1-18-6-4-8-22(14-18)25-10-12-26(13-11-25)24(28)21-7-5-9-23(15-21)32(29,30)27-16-19(2)31-20(3)17-27/h4-9,14-15,19-20H,10-13,16-17H2,1-3H3. The lowest BCUT2D eigenvalue weighted by Gasteiger charge is -2.36. The summed E-state index contributed by atoms with van der Waals surface area (Å²) in [5.74, 6) is -0.130. The van der Waals surface area contributed by atoms with Gasteiger partial charge in [0, 0.05) is 50.5 Å². The van der Waals surface area contributed by atoms with Gasteiger partial charge in [0.15, 0.2) is 0 Å². The zero-order chi connectivity index (χ0) is 22.9. The monoisotopic (exact) mass is 457 g/mol. The molecule has 0 spiro atoms. The number of amides is 1. The van der Waals surface area contributed by atoms with Crippen molar-refractivity contribution >= 4 is 21.6 Å². The first-order valence-electron chi connectivity index (χ1n) is 11.1. The highest BCUT2D eigenvalue weighted by atomic mass is 32.2. The molecule has 172 valence electrons. The van der Waals surface area contributed by atoms with Gasteiger partial charge in [-0.2, -0.15) is 4.31 Å². The van der Waals surface area contributed by atoms with Gasteiger partial charge >= 0.3 is 0 Å². The Labute approximate surface area is 190 Å². The predicted molar refractivity (Wildman–Crippen MR) is 125 cm³/mol. The maximum Gasteiger partial charge on any atom is 0.254 e. The molecule has 2 aromatic rings. The minimum atomic E-state index is -3.69. The van der Waals surface area contributed by atoms with Crippen molar-refractivity contribution < 1.29 is 17.9 Å². The molecule has 0 bridgehead atoms. The van der Waals surface area contributed by atoms with E-state index in [4.69, 9.17) is 4.74 Å². The average molecular weight is 458 g/mol. The minimum Gasteiger partial charge on any atom is -0.373 e. The van der Waals surface area contributed by atoms with E-state index in [2.05, 4.69) is 30.0 Å². The summed E-state index contributed by atoms with van der Waals surface area (Å²) in [6.45, 7) is 9.13. The summed E-state index contributed by atoms with van der Waals surface area (Å²) in [6, 6.07) is 14.8. The second-order valence-corrected chi connectivity index (χ2v) is 10.7. The number of carbonyl (C=O) groups is 1. The van der Waals surface area contributed by atoms with Crippen LogP contribution in [0.2, 0.25) is 0 Å². The molecule has 0 radical (unpaired) electrons. The van der Waals surface area contributed by atoms with Crippen molar-refractivity contribution in [3.8, 4) is 0 Å². The van der Waals surface area contributed by atoms with E-state index in [1.807, 2.05) is 19.9 Å². The fourth-order valence-corrected chi connectivity index (χ4v) is 6.08. The predicted octanol–water partition coefficient (Wildman–Crippen LogP) is 2.76. The molecular formula is C24H31N3O4S. The van der Waals surface area contributed by atoms with E-state index in [0.29, 0.717) is 31.7 Å². The fraction of sp³-hybridized carbons (Fsp3) is 0.458. The summed E-state index contributed by atoms with van der Waals surface area (Å²) in [4.78, 5) is 17.4. The maximum absolute atomic E-state index is 13.2. The normalized spacial score (nSPS) is 22.7. The van der Waals surface area contributed by atoms with Gasteiger partial charge in [0.2, 0.25) is 10.0 Å². The molecule has 0 aromatic heterocycles. The Morgan fingerprint density at radius 3 is 2.25 bits per heavy atom. The number of hydrogen-bond donors (Lipinski definition) is 0. The smallest absolute Gasteiger partial charge is 0.254 e. The number of anilines is 1. The van der Waals surface area contributed by atoms with E-state index in [1.54, 1.807) is 23.1 Å². The average Bonchev–Trinajstić information content (AvgIpc) is 2.78. The Kier molecular flexibility index (Phi) is 6.55. The van der Waals surface area contributed by atoms with Gasteiger partial charge < -0.3 is 14.5 Å². The van der Waals surface area contributed by atoms with Crippen molar-refractivity contribution in [2.45, 2.75) is 37.9 Å². The Balaban J connectivity index is 1.46. The van der Waals surface area contributed by atoms with Gasteiger partial charge in [0.05, 0.1) is 17.1 Å². The molecule has 2 aliphatic rings. The Bertz CT molecular complexity index is 1070. The van der Waals surface area contributed by atoms with E-state index in [1.165, 1.54) is 21.6 Å². The molecule has 8 heteroatoms. The van der Waals surface area contributed by atoms with Crippen LogP contribution < -0.4 is 4.90 Å². The molecule has 2 fully saturated rings. The molecule has 1 amide bonds. The summed E-state index contributed by atoms with van der Waals surface area (Å²) < 4.78 is 33.5. The van der Waals surface area contributed by atoms with Crippen LogP contribution >= 0.6 is 0 Å². The Morgan fingerprint density at radius 2 is 1.59 bits per heavy atom. The topological polar surface area (TPSA) is 70.2 Å². The third-order valence-electron chi connectivity index (χ3n) is 6.04. The van der Waals surface area contributed by atoms with Crippen LogP contribution in [0.3, 0.4) is 0 Å². The Morgan fingerprint density at radius 1 is 0.938 bits per heavy atom. The first-order chi connectivity index (χ1) is 15.2. The maximum atomic E-state index is 13.2. The van der Waals surface area contributed by atoms with Gasteiger partial charge in [-0.15, -0.1) is 0 Å². The van der Waals surface area contributed by atoms with Crippen LogP contribution in [-0.4, -0.2) is 75.0 Å². The number of benzene rings is 2. The lowest BCUT2D eigenvalue weighted by Crippen LogP contribution is -2.49. The number of nitrogens with zero attached hydrogens (tertiary/aromatic N) is 3.